The Bertz CT molecular complexity index is 917. The molecule has 1 saturated heterocycles. The van der Waals surface area contributed by atoms with Gasteiger partial charge in [-0.15, -0.1) is 0 Å². The minimum Gasteiger partial charge on any atom is -0.445 e. The molecule has 0 spiro atoms. The van der Waals surface area contributed by atoms with Crippen molar-refractivity contribution in [1.82, 2.24) is 4.90 Å². The lowest BCUT2D eigenvalue weighted by molar-refractivity contribution is -0.0342. The van der Waals surface area contributed by atoms with Crippen molar-refractivity contribution in [3.05, 3.63) is 77.1 Å². The highest BCUT2D eigenvalue weighted by Gasteiger charge is 2.39. The van der Waals surface area contributed by atoms with Crippen molar-refractivity contribution < 1.29 is 27.4 Å². The predicted octanol–water partition coefficient (Wildman–Crippen LogP) is 4.30. The second-order valence-electron chi connectivity index (χ2n) is 6.85. The van der Waals surface area contributed by atoms with E-state index in [4.69, 9.17) is 9.47 Å². The van der Waals surface area contributed by atoms with E-state index < -0.39 is 35.6 Å². The summed E-state index contributed by atoms with van der Waals surface area (Å²) >= 11 is 0. The molecule has 0 radical (unpaired) electrons. The first kappa shape index (κ1) is 18.6. The molecule has 2 heterocycles. The number of morpholine rings is 1. The number of nitrogens with zero attached hydrogens (tertiary/aromatic N) is 1. The largest absolute Gasteiger partial charge is 0.445 e. The highest BCUT2D eigenvalue weighted by molar-refractivity contribution is 5.74. The van der Waals surface area contributed by atoms with Crippen molar-refractivity contribution in [3.8, 4) is 0 Å². The molecule has 7 heteroatoms. The van der Waals surface area contributed by atoms with Gasteiger partial charge >= 0.3 is 6.09 Å². The number of halogens is 3. The first-order chi connectivity index (χ1) is 13.5. The summed E-state index contributed by atoms with van der Waals surface area (Å²) in [6.07, 6.45) is 1.34. The lowest BCUT2D eigenvalue weighted by Gasteiger charge is -2.43. The zero-order chi connectivity index (χ0) is 19.7. The predicted molar refractivity (Wildman–Crippen MR) is 95.8 cm³/mol. The van der Waals surface area contributed by atoms with Gasteiger partial charge < -0.3 is 9.47 Å². The van der Waals surface area contributed by atoms with Crippen molar-refractivity contribution >= 4 is 11.7 Å². The number of rotatable bonds is 3. The van der Waals surface area contributed by atoms with Gasteiger partial charge in [0, 0.05) is 11.6 Å². The van der Waals surface area contributed by atoms with Crippen LogP contribution in [0.25, 0.3) is 5.57 Å². The van der Waals surface area contributed by atoms with Crippen LogP contribution >= 0.6 is 0 Å². The third-order valence-electron chi connectivity index (χ3n) is 4.95. The average Bonchev–Trinajstić information content (AvgIpc) is 2.68. The normalized spacial score (nSPS) is 21.2. The number of hydrogen-bond donors (Lipinski definition) is 0. The zero-order valence-corrected chi connectivity index (χ0v) is 14.9. The standard InChI is InChI=1S/C21H18F3NO3/c22-15-8-18(20(24)19(23)9-15)14-6-16-11-27-12-17(7-14)25(16)21(26)28-10-13-4-2-1-3-5-13/h1-6,8-9,16-17H,7,10-12H2. The van der Waals surface area contributed by atoms with Gasteiger partial charge in [0.05, 0.1) is 25.3 Å². The third-order valence-corrected chi connectivity index (χ3v) is 4.95. The molecular weight excluding hydrogens is 371 g/mol. The Labute approximate surface area is 160 Å². The molecule has 2 atom stereocenters. The molecule has 0 saturated carbocycles. The number of ether oxygens (including phenoxy) is 2. The highest BCUT2D eigenvalue weighted by atomic mass is 19.2. The number of carbonyl (C=O) groups is 1. The van der Waals surface area contributed by atoms with Crippen LogP contribution in [0, 0.1) is 17.5 Å². The van der Waals surface area contributed by atoms with E-state index in [0.29, 0.717) is 11.6 Å². The van der Waals surface area contributed by atoms with Crippen molar-refractivity contribution in [1.29, 1.82) is 0 Å². The number of fused-ring (bicyclic) bond motifs is 2. The molecule has 2 bridgehead atoms. The summed E-state index contributed by atoms with van der Waals surface area (Å²) in [6.45, 7) is 0.588. The van der Waals surface area contributed by atoms with Crippen LogP contribution < -0.4 is 0 Å². The Morgan fingerprint density at radius 2 is 1.93 bits per heavy atom. The summed E-state index contributed by atoms with van der Waals surface area (Å²) in [6, 6.07) is 9.90. The molecule has 4 nitrogen and oxygen atoms in total. The van der Waals surface area contributed by atoms with E-state index in [1.54, 1.807) is 11.0 Å². The van der Waals surface area contributed by atoms with Crippen LogP contribution in [-0.4, -0.2) is 36.3 Å². The van der Waals surface area contributed by atoms with E-state index in [-0.39, 0.29) is 31.8 Å². The van der Waals surface area contributed by atoms with Gasteiger partial charge in [0.25, 0.3) is 0 Å². The molecule has 4 rings (SSSR count). The maximum atomic E-state index is 14.2. The number of benzene rings is 2. The Balaban J connectivity index is 1.55. The summed E-state index contributed by atoms with van der Waals surface area (Å²) in [5.41, 5.74) is 1.20. The maximum absolute atomic E-state index is 14.2. The molecular formula is C21H18F3NO3. The maximum Gasteiger partial charge on any atom is 0.411 e. The Kier molecular flexibility index (Phi) is 5.09. The van der Waals surface area contributed by atoms with Crippen LogP contribution in [0.1, 0.15) is 17.5 Å². The third kappa shape index (κ3) is 3.62. The van der Waals surface area contributed by atoms with Gasteiger partial charge in [-0.05, 0) is 23.6 Å². The van der Waals surface area contributed by atoms with E-state index in [1.807, 2.05) is 30.3 Å². The van der Waals surface area contributed by atoms with E-state index in [0.717, 1.165) is 11.6 Å². The molecule has 2 aliphatic rings. The molecule has 2 aliphatic heterocycles. The summed E-state index contributed by atoms with van der Waals surface area (Å²) < 4.78 is 52.3. The molecule has 28 heavy (non-hydrogen) atoms. The Morgan fingerprint density at radius 1 is 1.14 bits per heavy atom. The van der Waals surface area contributed by atoms with E-state index in [1.165, 1.54) is 0 Å². The summed E-state index contributed by atoms with van der Waals surface area (Å²) in [7, 11) is 0. The molecule has 1 fully saturated rings. The minimum atomic E-state index is -1.23. The lowest BCUT2D eigenvalue weighted by atomic mass is 9.89. The van der Waals surface area contributed by atoms with Crippen molar-refractivity contribution in [2.45, 2.75) is 25.1 Å². The first-order valence-electron chi connectivity index (χ1n) is 8.95. The average molecular weight is 389 g/mol. The molecule has 1 amide bonds. The van der Waals surface area contributed by atoms with Crippen LogP contribution in [-0.2, 0) is 16.1 Å². The summed E-state index contributed by atoms with van der Waals surface area (Å²) in [5.74, 6) is -3.17. The molecule has 0 aromatic heterocycles. The molecule has 0 N–H and O–H groups in total. The van der Waals surface area contributed by atoms with Crippen LogP contribution in [0.3, 0.4) is 0 Å². The topological polar surface area (TPSA) is 38.8 Å². The molecule has 2 unspecified atom stereocenters. The van der Waals surface area contributed by atoms with Crippen LogP contribution in [0.15, 0.2) is 48.5 Å². The van der Waals surface area contributed by atoms with Crippen LogP contribution in [0.2, 0.25) is 0 Å². The van der Waals surface area contributed by atoms with Crippen molar-refractivity contribution in [2.75, 3.05) is 13.2 Å². The molecule has 0 aliphatic carbocycles. The van der Waals surface area contributed by atoms with Crippen molar-refractivity contribution in [3.63, 3.8) is 0 Å². The van der Waals surface area contributed by atoms with Gasteiger partial charge in [-0.25, -0.2) is 18.0 Å². The van der Waals surface area contributed by atoms with Crippen molar-refractivity contribution in [2.24, 2.45) is 0 Å². The quantitative estimate of drug-likeness (QED) is 0.735. The van der Waals surface area contributed by atoms with Gasteiger partial charge in [0.1, 0.15) is 12.4 Å². The first-order valence-corrected chi connectivity index (χ1v) is 8.95. The highest BCUT2D eigenvalue weighted by Crippen LogP contribution is 2.35. The fraction of sp³-hybridized carbons (Fsp3) is 0.286. The fourth-order valence-electron chi connectivity index (χ4n) is 3.66. The van der Waals surface area contributed by atoms with E-state index in [9.17, 15) is 18.0 Å². The van der Waals surface area contributed by atoms with Crippen LogP contribution in [0.5, 0.6) is 0 Å². The zero-order valence-electron chi connectivity index (χ0n) is 14.9. The molecule has 2 aromatic rings. The summed E-state index contributed by atoms with van der Waals surface area (Å²) in [5, 5.41) is 0. The lowest BCUT2D eigenvalue weighted by Crippen LogP contribution is -2.56. The van der Waals surface area contributed by atoms with Crippen LogP contribution in [0.4, 0.5) is 18.0 Å². The Hall–Kier alpha value is -2.80. The Morgan fingerprint density at radius 3 is 2.68 bits per heavy atom. The number of amides is 1. The van der Waals surface area contributed by atoms with Gasteiger partial charge in [-0.3, -0.25) is 4.90 Å². The monoisotopic (exact) mass is 389 g/mol. The molecule has 2 aromatic carbocycles. The minimum absolute atomic E-state index is 0.119. The van der Waals surface area contributed by atoms with Gasteiger partial charge in [0.2, 0.25) is 0 Å². The second kappa shape index (κ2) is 7.67. The second-order valence-corrected chi connectivity index (χ2v) is 6.85. The van der Waals surface area contributed by atoms with Gasteiger partial charge in [-0.2, -0.15) is 0 Å². The fourth-order valence-corrected chi connectivity index (χ4v) is 3.66. The number of hydrogen-bond acceptors (Lipinski definition) is 3. The number of carbonyl (C=O) groups excluding carboxylic acids is 1. The van der Waals surface area contributed by atoms with E-state index in [2.05, 4.69) is 0 Å². The molecule has 146 valence electrons. The van der Waals surface area contributed by atoms with Gasteiger partial charge in [0.15, 0.2) is 11.6 Å². The SMILES string of the molecule is O=C(OCc1ccccc1)N1C2C=C(c3cc(F)cc(F)c3F)CC1COC2. The summed E-state index contributed by atoms with van der Waals surface area (Å²) in [4.78, 5) is 14.2. The smallest absolute Gasteiger partial charge is 0.411 e. The van der Waals surface area contributed by atoms with E-state index >= 15 is 0 Å². The van der Waals surface area contributed by atoms with Gasteiger partial charge in [-0.1, -0.05) is 36.4 Å².